The molecular weight excluding hydrogens is 620 g/mol. The molecular formula is C40H48N2O7. The van der Waals surface area contributed by atoms with Crippen molar-refractivity contribution in [1.29, 1.82) is 0 Å². The number of amides is 2. The van der Waals surface area contributed by atoms with Crippen LogP contribution in [0.25, 0.3) is 21.5 Å². The molecule has 2 amide bonds. The summed E-state index contributed by atoms with van der Waals surface area (Å²) >= 11 is 0. The molecule has 2 N–H and O–H groups in total. The molecule has 9 nitrogen and oxygen atoms in total. The standard InChI is InChI=1S/C40H48N2O7/c43-36(42-22-25-47-26-23-42)29-49-38(40(45)46)37(48-24-10-2-4-12-31-18-20-33-14-6-8-16-35(33)28-31)39(44)41-21-9-1-3-11-30-17-19-32-13-5-7-15-34(32)27-30/h5-8,13-20,27-28,37-38H,1-4,9-12,21-26,29H2,(H,41,44)(H,45,46). The highest BCUT2D eigenvalue weighted by Gasteiger charge is 2.36. The lowest BCUT2D eigenvalue weighted by Gasteiger charge is -2.28. The van der Waals surface area contributed by atoms with Crippen molar-refractivity contribution in [3.63, 3.8) is 0 Å². The summed E-state index contributed by atoms with van der Waals surface area (Å²) in [6.07, 6.45) is 3.93. The van der Waals surface area contributed by atoms with Crippen molar-refractivity contribution in [2.45, 2.75) is 63.6 Å². The number of aliphatic carboxylic acids is 1. The molecule has 260 valence electrons. The van der Waals surface area contributed by atoms with E-state index >= 15 is 0 Å². The van der Waals surface area contributed by atoms with Crippen molar-refractivity contribution >= 4 is 39.3 Å². The van der Waals surface area contributed by atoms with Gasteiger partial charge in [-0.15, -0.1) is 0 Å². The lowest BCUT2D eigenvalue weighted by molar-refractivity contribution is -0.172. The van der Waals surface area contributed by atoms with Gasteiger partial charge in [-0.2, -0.15) is 0 Å². The van der Waals surface area contributed by atoms with Gasteiger partial charge >= 0.3 is 5.97 Å². The number of carboxylic acid groups (broad SMARTS) is 1. The Labute approximate surface area is 288 Å². The van der Waals surface area contributed by atoms with Gasteiger partial charge in [-0.05, 0) is 71.2 Å². The summed E-state index contributed by atoms with van der Waals surface area (Å²) in [5, 5.41) is 17.8. The molecule has 2 unspecified atom stereocenters. The number of ether oxygens (including phenoxy) is 3. The predicted octanol–water partition coefficient (Wildman–Crippen LogP) is 5.95. The minimum atomic E-state index is -1.62. The number of carboxylic acids is 1. The third-order valence-electron chi connectivity index (χ3n) is 9.00. The van der Waals surface area contributed by atoms with E-state index in [-0.39, 0.29) is 12.5 Å². The Morgan fingerprint density at radius 3 is 1.86 bits per heavy atom. The normalized spacial score (nSPS) is 14.5. The van der Waals surface area contributed by atoms with Crippen LogP contribution in [0.5, 0.6) is 0 Å². The number of carbonyl (C=O) groups is 3. The van der Waals surface area contributed by atoms with Crippen LogP contribution in [0.15, 0.2) is 84.9 Å². The number of aryl methyl sites for hydroxylation is 2. The lowest BCUT2D eigenvalue weighted by atomic mass is 10.0. The van der Waals surface area contributed by atoms with Gasteiger partial charge in [0.05, 0.1) is 13.2 Å². The SMILES string of the molecule is O=C(O)C(OCC(=O)N1CCOCC1)C(OCCCCCc1ccc2ccccc2c1)C(=O)NCCCCCc1ccc2ccccc2c1. The fourth-order valence-electron chi connectivity index (χ4n) is 6.20. The quantitative estimate of drug-likeness (QED) is 0.119. The molecule has 0 bridgehead atoms. The van der Waals surface area contributed by atoms with Crippen LogP contribution >= 0.6 is 0 Å². The van der Waals surface area contributed by atoms with Crippen LogP contribution < -0.4 is 5.32 Å². The van der Waals surface area contributed by atoms with E-state index < -0.39 is 30.7 Å². The summed E-state index contributed by atoms with van der Waals surface area (Å²) in [5.41, 5.74) is 2.54. The Hall–Kier alpha value is -4.31. The van der Waals surface area contributed by atoms with Crippen molar-refractivity contribution in [1.82, 2.24) is 10.2 Å². The molecule has 0 aromatic heterocycles. The number of benzene rings is 4. The molecule has 4 aromatic rings. The van der Waals surface area contributed by atoms with E-state index in [9.17, 15) is 19.5 Å². The first-order valence-electron chi connectivity index (χ1n) is 17.5. The van der Waals surface area contributed by atoms with E-state index in [1.165, 1.54) is 32.7 Å². The Balaban J connectivity index is 1.09. The fourth-order valence-corrected chi connectivity index (χ4v) is 6.20. The molecule has 2 atom stereocenters. The smallest absolute Gasteiger partial charge is 0.336 e. The maximum atomic E-state index is 13.3. The summed E-state index contributed by atoms with van der Waals surface area (Å²) in [7, 11) is 0. The average Bonchev–Trinajstić information content (AvgIpc) is 3.13. The van der Waals surface area contributed by atoms with Gasteiger partial charge in [0.1, 0.15) is 6.61 Å². The van der Waals surface area contributed by atoms with Crippen molar-refractivity contribution < 1.29 is 33.7 Å². The molecule has 1 fully saturated rings. The highest BCUT2D eigenvalue weighted by Crippen LogP contribution is 2.19. The first-order valence-corrected chi connectivity index (χ1v) is 17.5. The molecule has 0 aliphatic carbocycles. The molecule has 1 aliphatic heterocycles. The van der Waals surface area contributed by atoms with Crippen molar-refractivity contribution in [3.8, 4) is 0 Å². The van der Waals surface area contributed by atoms with Crippen LogP contribution in [0.4, 0.5) is 0 Å². The van der Waals surface area contributed by atoms with Gasteiger partial charge in [0.2, 0.25) is 5.91 Å². The second-order valence-corrected chi connectivity index (χ2v) is 12.6. The van der Waals surface area contributed by atoms with E-state index in [4.69, 9.17) is 14.2 Å². The molecule has 1 saturated heterocycles. The number of morpholine rings is 1. The molecule has 5 rings (SSSR count). The summed E-state index contributed by atoms with van der Waals surface area (Å²) in [6, 6.07) is 29.6. The van der Waals surface area contributed by atoms with Gasteiger partial charge in [-0.1, -0.05) is 97.8 Å². The molecule has 1 heterocycles. The van der Waals surface area contributed by atoms with Crippen molar-refractivity contribution in [3.05, 3.63) is 96.1 Å². The number of hydrogen-bond acceptors (Lipinski definition) is 6. The zero-order valence-corrected chi connectivity index (χ0v) is 28.2. The van der Waals surface area contributed by atoms with Gasteiger partial charge < -0.3 is 29.5 Å². The highest BCUT2D eigenvalue weighted by atomic mass is 16.6. The molecule has 4 aromatic carbocycles. The number of carbonyl (C=O) groups excluding carboxylic acids is 2. The topological polar surface area (TPSA) is 114 Å². The van der Waals surface area contributed by atoms with Crippen LogP contribution in [-0.4, -0.2) is 86.1 Å². The first kappa shape index (κ1) is 36.0. The summed E-state index contributed by atoms with van der Waals surface area (Å²) in [4.78, 5) is 39.9. The Kier molecular flexibility index (Phi) is 14.0. The summed E-state index contributed by atoms with van der Waals surface area (Å²) in [5.74, 6) is -2.23. The van der Waals surface area contributed by atoms with Crippen molar-refractivity contribution in [2.24, 2.45) is 0 Å². The average molecular weight is 669 g/mol. The number of unbranched alkanes of at least 4 members (excludes halogenated alkanes) is 4. The molecule has 9 heteroatoms. The Morgan fingerprint density at radius 2 is 1.27 bits per heavy atom. The molecule has 0 radical (unpaired) electrons. The predicted molar refractivity (Wildman–Crippen MR) is 191 cm³/mol. The summed E-state index contributed by atoms with van der Waals surface area (Å²) < 4.78 is 16.8. The fraction of sp³-hybridized carbons (Fsp3) is 0.425. The van der Waals surface area contributed by atoms with E-state index in [0.717, 1.165) is 44.9 Å². The van der Waals surface area contributed by atoms with Crippen LogP contribution in [0, 0.1) is 0 Å². The van der Waals surface area contributed by atoms with E-state index in [2.05, 4.69) is 66.0 Å². The van der Waals surface area contributed by atoms with Gasteiger partial charge in [-0.25, -0.2) is 4.79 Å². The zero-order chi connectivity index (χ0) is 34.3. The van der Waals surface area contributed by atoms with Gasteiger partial charge in [0.15, 0.2) is 12.2 Å². The van der Waals surface area contributed by atoms with E-state index in [1.54, 1.807) is 4.90 Å². The second-order valence-electron chi connectivity index (χ2n) is 12.6. The Morgan fingerprint density at radius 1 is 0.694 bits per heavy atom. The minimum Gasteiger partial charge on any atom is -0.479 e. The third-order valence-corrected chi connectivity index (χ3v) is 9.00. The molecule has 0 spiro atoms. The van der Waals surface area contributed by atoms with Crippen molar-refractivity contribution in [2.75, 3.05) is 46.1 Å². The second kappa shape index (κ2) is 19.0. The maximum Gasteiger partial charge on any atom is 0.336 e. The number of nitrogens with zero attached hydrogens (tertiary/aromatic N) is 1. The molecule has 49 heavy (non-hydrogen) atoms. The van der Waals surface area contributed by atoms with Gasteiger partial charge in [-0.3, -0.25) is 9.59 Å². The maximum absolute atomic E-state index is 13.3. The number of rotatable bonds is 19. The number of hydrogen-bond donors (Lipinski definition) is 2. The number of fused-ring (bicyclic) bond motifs is 2. The van der Waals surface area contributed by atoms with Crippen LogP contribution in [0.3, 0.4) is 0 Å². The van der Waals surface area contributed by atoms with Crippen LogP contribution in [0.1, 0.15) is 49.7 Å². The van der Waals surface area contributed by atoms with Crippen LogP contribution in [-0.2, 0) is 41.4 Å². The third kappa shape index (κ3) is 11.1. The number of nitrogens with one attached hydrogen (secondary N) is 1. The highest BCUT2D eigenvalue weighted by molar-refractivity contribution is 5.88. The monoisotopic (exact) mass is 668 g/mol. The molecule has 0 saturated carbocycles. The van der Waals surface area contributed by atoms with E-state index in [1.807, 2.05) is 24.3 Å². The minimum absolute atomic E-state index is 0.201. The van der Waals surface area contributed by atoms with Crippen LogP contribution in [0.2, 0.25) is 0 Å². The first-order chi connectivity index (χ1) is 24.0. The van der Waals surface area contributed by atoms with E-state index in [0.29, 0.717) is 39.3 Å². The lowest BCUT2D eigenvalue weighted by Crippen LogP contribution is -2.50. The zero-order valence-electron chi connectivity index (χ0n) is 28.2. The molecule has 1 aliphatic rings. The van der Waals surface area contributed by atoms with Gasteiger partial charge in [0, 0.05) is 26.2 Å². The Bertz CT molecular complexity index is 1670. The summed E-state index contributed by atoms with van der Waals surface area (Å²) in [6.45, 7) is 1.82. The van der Waals surface area contributed by atoms with Gasteiger partial charge in [0.25, 0.3) is 5.91 Å². The largest absolute Gasteiger partial charge is 0.479 e.